The average Bonchev–Trinajstić information content (AvgIpc) is 2.66. The third-order valence-electron chi connectivity index (χ3n) is 4.96. The van der Waals surface area contributed by atoms with Gasteiger partial charge in [-0.25, -0.2) is 0 Å². The Labute approximate surface area is 169 Å². The molecule has 0 aliphatic rings. The van der Waals surface area contributed by atoms with Crippen molar-refractivity contribution in [2.45, 2.75) is 65.2 Å². The molecule has 1 aromatic heterocycles. The molecule has 1 aromatic carbocycles. The number of hydrogen-bond donors (Lipinski definition) is 1. The van der Waals surface area contributed by atoms with E-state index in [2.05, 4.69) is 5.32 Å². The van der Waals surface area contributed by atoms with Crippen molar-refractivity contribution in [2.24, 2.45) is 0 Å². The smallest absolute Gasteiger partial charge is 0.263 e. The van der Waals surface area contributed by atoms with E-state index in [-0.39, 0.29) is 11.0 Å². The molecule has 5 nitrogen and oxygen atoms in total. The monoisotopic (exact) mass is 403 g/mol. The van der Waals surface area contributed by atoms with Gasteiger partial charge in [0.15, 0.2) is 0 Å². The maximum atomic E-state index is 13.1. The van der Waals surface area contributed by atoms with E-state index in [1.165, 1.54) is 0 Å². The second-order valence-electron chi connectivity index (χ2n) is 6.89. The number of rotatable bonds is 7. The van der Waals surface area contributed by atoms with Gasteiger partial charge >= 0.3 is 0 Å². The standard InChI is InChI=1S/C22H29NO4S/c1-7-10-18-19(21(24)13(4)14(5)27-18)22(25)23-20-15(8-2)11-17(28(6)26)12-16(20)9-3/h11-12H,7-10H2,1-6H3,(H,23,25). The lowest BCUT2D eigenvalue weighted by molar-refractivity contribution is 0.102. The minimum absolute atomic E-state index is 0.0807. The molecular formula is C22H29NO4S. The first-order chi connectivity index (χ1) is 13.2. The highest BCUT2D eigenvalue weighted by molar-refractivity contribution is 7.84. The van der Waals surface area contributed by atoms with E-state index >= 15 is 0 Å². The van der Waals surface area contributed by atoms with Crippen LogP contribution < -0.4 is 10.7 Å². The van der Waals surface area contributed by atoms with Crippen molar-refractivity contribution in [1.29, 1.82) is 0 Å². The predicted molar refractivity (Wildman–Crippen MR) is 114 cm³/mol. The van der Waals surface area contributed by atoms with Gasteiger partial charge in [0.2, 0.25) is 5.43 Å². The van der Waals surface area contributed by atoms with Crippen LogP contribution in [0, 0.1) is 13.8 Å². The van der Waals surface area contributed by atoms with Crippen LogP contribution in [0.15, 0.2) is 26.2 Å². The van der Waals surface area contributed by atoms with E-state index in [0.717, 1.165) is 22.4 Å². The Morgan fingerprint density at radius 1 is 1.11 bits per heavy atom. The molecular weight excluding hydrogens is 374 g/mol. The Morgan fingerprint density at radius 2 is 1.68 bits per heavy atom. The molecule has 0 aliphatic heterocycles. The number of carbonyl (C=O) groups is 1. The topological polar surface area (TPSA) is 76.4 Å². The van der Waals surface area contributed by atoms with E-state index < -0.39 is 16.7 Å². The summed E-state index contributed by atoms with van der Waals surface area (Å²) in [5.41, 5.74) is 2.76. The number of aryl methyl sites for hydroxylation is 4. The molecule has 6 heteroatoms. The molecule has 1 heterocycles. The van der Waals surface area contributed by atoms with Crippen molar-refractivity contribution in [1.82, 2.24) is 0 Å². The summed E-state index contributed by atoms with van der Waals surface area (Å²) in [7, 11) is -1.10. The largest absolute Gasteiger partial charge is 0.465 e. The van der Waals surface area contributed by atoms with E-state index in [9.17, 15) is 13.8 Å². The number of benzene rings is 1. The molecule has 0 bridgehead atoms. The van der Waals surface area contributed by atoms with Gasteiger partial charge in [0.05, 0.1) is 0 Å². The van der Waals surface area contributed by atoms with Gasteiger partial charge in [-0.15, -0.1) is 0 Å². The van der Waals surface area contributed by atoms with Crippen LogP contribution in [0.4, 0.5) is 5.69 Å². The van der Waals surface area contributed by atoms with Crippen LogP contribution >= 0.6 is 0 Å². The van der Waals surface area contributed by atoms with Gasteiger partial charge in [-0.05, 0) is 56.4 Å². The molecule has 1 atom stereocenters. The van der Waals surface area contributed by atoms with Crippen LogP contribution in [-0.4, -0.2) is 16.4 Å². The summed E-state index contributed by atoms with van der Waals surface area (Å²) >= 11 is 0. The van der Waals surface area contributed by atoms with Crippen molar-refractivity contribution in [3.63, 3.8) is 0 Å². The molecule has 0 saturated carbocycles. The molecule has 0 saturated heterocycles. The van der Waals surface area contributed by atoms with Gasteiger partial charge in [0.25, 0.3) is 5.91 Å². The summed E-state index contributed by atoms with van der Waals surface area (Å²) in [6.07, 6.45) is 4.29. The van der Waals surface area contributed by atoms with E-state index in [1.54, 1.807) is 20.1 Å². The molecule has 0 fully saturated rings. The summed E-state index contributed by atoms with van der Waals surface area (Å²) in [5.74, 6) is 0.522. The van der Waals surface area contributed by atoms with Gasteiger partial charge < -0.3 is 9.73 Å². The Kier molecular flexibility index (Phi) is 7.35. The lowest BCUT2D eigenvalue weighted by Gasteiger charge is -2.17. The summed E-state index contributed by atoms with van der Waals surface area (Å²) in [6, 6.07) is 3.72. The van der Waals surface area contributed by atoms with E-state index in [1.807, 2.05) is 32.9 Å². The highest BCUT2D eigenvalue weighted by Gasteiger charge is 2.23. The predicted octanol–water partition coefficient (Wildman–Crippen LogP) is 4.32. The van der Waals surface area contributed by atoms with Crippen molar-refractivity contribution >= 4 is 22.4 Å². The number of carbonyl (C=O) groups excluding carboxylic acids is 1. The molecule has 1 amide bonds. The maximum Gasteiger partial charge on any atom is 0.263 e. The zero-order chi connectivity index (χ0) is 21.0. The fourth-order valence-corrected chi connectivity index (χ4v) is 3.83. The van der Waals surface area contributed by atoms with Gasteiger partial charge in [-0.3, -0.25) is 13.8 Å². The normalized spacial score (nSPS) is 12.1. The average molecular weight is 404 g/mol. The quantitative estimate of drug-likeness (QED) is 0.747. The maximum absolute atomic E-state index is 13.1. The first-order valence-electron chi connectivity index (χ1n) is 9.68. The fourth-order valence-electron chi connectivity index (χ4n) is 3.22. The minimum Gasteiger partial charge on any atom is -0.465 e. The van der Waals surface area contributed by atoms with Crippen LogP contribution in [0.5, 0.6) is 0 Å². The van der Waals surface area contributed by atoms with Crippen molar-refractivity contribution in [3.8, 4) is 0 Å². The van der Waals surface area contributed by atoms with E-state index in [4.69, 9.17) is 4.42 Å². The Balaban J connectivity index is 2.58. The van der Waals surface area contributed by atoms with Crippen molar-refractivity contribution in [3.05, 3.63) is 56.1 Å². The third kappa shape index (κ3) is 4.43. The second-order valence-corrected chi connectivity index (χ2v) is 8.27. The molecule has 28 heavy (non-hydrogen) atoms. The van der Waals surface area contributed by atoms with Crippen LogP contribution in [0.1, 0.15) is 65.8 Å². The third-order valence-corrected chi connectivity index (χ3v) is 5.86. The highest BCUT2D eigenvalue weighted by Crippen LogP contribution is 2.27. The van der Waals surface area contributed by atoms with Crippen LogP contribution in [0.2, 0.25) is 0 Å². The lowest BCUT2D eigenvalue weighted by Crippen LogP contribution is -2.26. The molecule has 2 aromatic rings. The Hall–Kier alpha value is -2.21. The van der Waals surface area contributed by atoms with Crippen molar-refractivity contribution < 1.29 is 13.4 Å². The molecule has 2 rings (SSSR count). The zero-order valence-electron chi connectivity index (χ0n) is 17.5. The van der Waals surface area contributed by atoms with Crippen LogP contribution in [0.3, 0.4) is 0 Å². The summed E-state index contributed by atoms with van der Waals surface area (Å²) in [5, 5.41) is 2.95. The first-order valence-corrected chi connectivity index (χ1v) is 11.2. The summed E-state index contributed by atoms with van der Waals surface area (Å²) < 4.78 is 17.7. The number of hydrogen-bond acceptors (Lipinski definition) is 4. The summed E-state index contributed by atoms with van der Waals surface area (Å²) in [6.45, 7) is 9.36. The van der Waals surface area contributed by atoms with Crippen molar-refractivity contribution in [2.75, 3.05) is 11.6 Å². The van der Waals surface area contributed by atoms with Gasteiger partial charge in [0.1, 0.15) is 17.1 Å². The highest BCUT2D eigenvalue weighted by atomic mass is 32.2. The molecule has 152 valence electrons. The van der Waals surface area contributed by atoms with E-state index in [0.29, 0.717) is 42.0 Å². The molecule has 0 aliphatic carbocycles. The van der Waals surface area contributed by atoms with Crippen LogP contribution in [0.25, 0.3) is 0 Å². The zero-order valence-corrected chi connectivity index (χ0v) is 18.3. The number of nitrogens with one attached hydrogen (secondary N) is 1. The molecule has 1 N–H and O–H groups in total. The second kappa shape index (κ2) is 9.32. The fraction of sp³-hybridized carbons (Fsp3) is 0.455. The first kappa shape index (κ1) is 22.1. The SMILES string of the molecule is CCCc1oc(C)c(C)c(=O)c1C(=O)Nc1c(CC)cc(S(C)=O)cc1CC. The van der Waals surface area contributed by atoms with Gasteiger partial charge in [0, 0.05) is 39.6 Å². The molecule has 0 spiro atoms. The number of anilines is 1. The summed E-state index contributed by atoms with van der Waals surface area (Å²) in [4.78, 5) is 26.7. The minimum atomic E-state index is -1.10. The molecule has 1 unspecified atom stereocenters. The van der Waals surface area contributed by atoms with Gasteiger partial charge in [-0.1, -0.05) is 20.8 Å². The molecule has 0 radical (unpaired) electrons. The Bertz CT molecular complexity index is 950. The van der Waals surface area contributed by atoms with Crippen LogP contribution in [-0.2, 0) is 30.1 Å². The number of amides is 1. The van der Waals surface area contributed by atoms with Gasteiger partial charge in [-0.2, -0.15) is 0 Å². The lowest BCUT2D eigenvalue weighted by atomic mass is 10.0. The Morgan fingerprint density at radius 3 is 2.14 bits per heavy atom.